The molecule has 0 saturated heterocycles. The number of nitrogens with two attached hydrogens (primary N) is 1. The fourth-order valence-corrected chi connectivity index (χ4v) is 2.10. The molecule has 18 heavy (non-hydrogen) atoms. The van der Waals surface area contributed by atoms with Gasteiger partial charge in [0.1, 0.15) is 5.75 Å². The summed E-state index contributed by atoms with van der Waals surface area (Å²) >= 11 is 6.23. The second-order valence-corrected chi connectivity index (χ2v) is 4.37. The van der Waals surface area contributed by atoms with Gasteiger partial charge >= 0.3 is 0 Å². The molecule has 2 rings (SSSR count). The van der Waals surface area contributed by atoms with Crippen LogP contribution in [0.15, 0.2) is 22.7 Å². The van der Waals surface area contributed by atoms with Crippen molar-refractivity contribution >= 4 is 11.6 Å². The average Bonchev–Trinajstić information content (AvgIpc) is 2.72. The van der Waals surface area contributed by atoms with Crippen molar-refractivity contribution in [1.29, 1.82) is 0 Å². The van der Waals surface area contributed by atoms with E-state index in [2.05, 4.69) is 5.16 Å². The third-order valence-electron chi connectivity index (χ3n) is 2.80. The molecule has 0 saturated carbocycles. The van der Waals surface area contributed by atoms with E-state index in [9.17, 15) is 0 Å². The maximum atomic E-state index is 6.23. The average molecular weight is 267 g/mol. The Balaban J connectivity index is 2.48. The Bertz CT molecular complexity index is 552. The lowest BCUT2D eigenvalue weighted by Crippen LogP contribution is -2.04. The molecule has 4 nitrogen and oxygen atoms in total. The molecule has 0 spiro atoms. The number of rotatable bonds is 4. The van der Waals surface area contributed by atoms with Crippen molar-refractivity contribution in [2.75, 3.05) is 13.7 Å². The molecule has 0 amide bonds. The van der Waals surface area contributed by atoms with Crippen molar-refractivity contribution in [2.45, 2.75) is 13.3 Å². The zero-order chi connectivity index (χ0) is 13.1. The highest BCUT2D eigenvalue weighted by Crippen LogP contribution is 2.34. The van der Waals surface area contributed by atoms with E-state index >= 15 is 0 Å². The van der Waals surface area contributed by atoms with E-state index in [4.69, 9.17) is 26.6 Å². The monoisotopic (exact) mass is 266 g/mol. The summed E-state index contributed by atoms with van der Waals surface area (Å²) in [6.07, 6.45) is 0.715. The molecule has 2 N–H and O–H groups in total. The SMILES string of the molecule is COc1ccc(-c2onc(C)c2CCN)c(Cl)c1. The first-order chi connectivity index (χ1) is 8.67. The zero-order valence-corrected chi connectivity index (χ0v) is 11.1. The van der Waals surface area contributed by atoms with E-state index in [0.717, 1.165) is 16.8 Å². The lowest BCUT2D eigenvalue weighted by atomic mass is 10.0. The van der Waals surface area contributed by atoms with Crippen molar-refractivity contribution in [1.82, 2.24) is 5.16 Å². The molecule has 1 aromatic carbocycles. The third kappa shape index (κ3) is 2.35. The van der Waals surface area contributed by atoms with Gasteiger partial charge in [-0.2, -0.15) is 0 Å². The topological polar surface area (TPSA) is 61.3 Å². The van der Waals surface area contributed by atoms with Gasteiger partial charge in [0, 0.05) is 11.1 Å². The van der Waals surface area contributed by atoms with Crippen LogP contribution >= 0.6 is 11.6 Å². The lowest BCUT2D eigenvalue weighted by molar-refractivity contribution is 0.414. The van der Waals surface area contributed by atoms with Gasteiger partial charge in [0.05, 0.1) is 17.8 Å². The number of hydrogen-bond donors (Lipinski definition) is 1. The highest BCUT2D eigenvalue weighted by atomic mass is 35.5. The van der Waals surface area contributed by atoms with Gasteiger partial charge in [-0.05, 0) is 38.1 Å². The smallest absolute Gasteiger partial charge is 0.171 e. The van der Waals surface area contributed by atoms with Crippen LogP contribution < -0.4 is 10.5 Å². The van der Waals surface area contributed by atoms with Crippen molar-refractivity contribution in [3.8, 4) is 17.1 Å². The Kier molecular flexibility index (Phi) is 3.89. The van der Waals surface area contributed by atoms with Crippen LogP contribution in [0, 0.1) is 6.92 Å². The Morgan fingerprint density at radius 3 is 2.83 bits per heavy atom. The molecule has 0 aliphatic rings. The first kappa shape index (κ1) is 12.9. The van der Waals surface area contributed by atoms with Gasteiger partial charge in [-0.1, -0.05) is 16.8 Å². The second-order valence-electron chi connectivity index (χ2n) is 3.96. The van der Waals surface area contributed by atoms with Gasteiger partial charge in [-0.3, -0.25) is 0 Å². The highest BCUT2D eigenvalue weighted by molar-refractivity contribution is 6.33. The van der Waals surface area contributed by atoms with Crippen LogP contribution in [0.3, 0.4) is 0 Å². The summed E-state index contributed by atoms with van der Waals surface area (Å²) in [5.41, 5.74) is 8.26. The van der Waals surface area contributed by atoms with Gasteiger partial charge in [0.15, 0.2) is 5.76 Å². The molecule has 2 aromatic rings. The molecule has 5 heteroatoms. The summed E-state index contributed by atoms with van der Waals surface area (Å²) in [5.74, 6) is 1.39. The summed E-state index contributed by atoms with van der Waals surface area (Å²) < 4.78 is 10.5. The van der Waals surface area contributed by atoms with E-state index in [1.165, 1.54) is 0 Å². The largest absolute Gasteiger partial charge is 0.497 e. The minimum atomic E-state index is 0.544. The van der Waals surface area contributed by atoms with Gasteiger partial charge in [-0.25, -0.2) is 0 Å². The van der Waals surface area contributed by atoms with Crippen molar-refractivity contribution < 1.29 is 9.26 Å². The summed E-state index contributed by atoms with van der Waals surface area (Å²) in [5, 5.41) is 4.55. The van der Waals surface area contributed by atoms with E-state index < -0.39 is 0 Å². The number of halogens is 1. The molecule has 1 heterocycles. The summed E-state index contributed by atoms with van der Waals surface area (Å²) in [6.45, 7) is 2.44. The molecule has 0 fully saturated rings. The zero-order valence-electron chi connectivity index (χ0n) is 10.4. The summed E-state index contributed by atoms with van der Waals surface area (Å²) in [6, 6.07) is 5.45. The quantitative estimate of drug-likeness (QED) is 0.924. The van der Waals surface area contributed by atoms with Crippen LogP contribution in [0.5, 0.6) is 5.75 Å². The van der Waals surface area contributed by atoms with E-state index in [1.54, 1.807) is 13.2 Å². The van der Waals surface area contributed by atoms with Crippen LogP contribution in [0.25, 0.3) is 11.3 Å². The van der Waals surface area contributed by atoms with Crippen molar-refractivity contribution in [2.24, 2.45) is 5.73 Å². The molecule has 0 atom stereocenters. The molecule has 0 radical (unpaired) electrons. The number of ether oxygens (including phenoxy) is 1. The fourth-order valence-electron chi connectivity index (χ4n) is 1.85. The number of hydrogen-bond acceptors (Lipinski definition) is 4. The van der Waals surface area contributed by atoms with Crippen molar-refractivity contribution in [3.63, 3.8) is 0 Å². The molecule has 0 unspecified atom stereocenters. The predicted molar refractivity (Wildman–Crippen MR) is 71.0 cm³/mol. The number of benzene rings is 1. The van der Waals surface area contributed by atoms with Crippen LogP contribution in [-0.4, -0.2) is 18.8 Å². The Hall–Kier alpha value is -1.52. The summed E-state index contributed by atoms with van der Waals surface area (Å²) in [7, 11) is 1.60. The van der Waals surface area contributed by atoms with Gasteiger partial charge in [0.25, 0.3) is 0 Å². The van der Waals surface area contributed by atoms with E-state index in [1.807, 2.05) is 19.1 Å². The second kappa shape index (κ2) is 5.42. The normalized spacial score (nSPS) is 10.7. The maximum Gasteiger partial charge on any atom is 0.171 e. The van der Waals surface area contributed by atoms with Crippen LogP contribution in [0.4, 0.5) is 0 Å². The minimum Gasteiger partial charge on any atom is -0.497 e. The lowest BCUT2D eigenvalue weighted by Gasteiger charge is -2.05. The first-order valence-corrected chi connectivity index (χ1v) is 6.04. The Morgan fingerprint density at radius 2 is 2.22 bits per heavy atom. The predicted octanol–water partition coefficient (Wildman–Crippen LogP) is 2.81. The molecule has 0 aliphatic carbocycles. The highest BCUT2D eigenvalue weighted by Gasteiger charge is 2.17. The Labute approximate surface area is 111 Å². The standard InChI is InChI=1S/C13H15ClN2O2/c1-8-10(5-6-15)13(18-16-8)11-4-3-9(17-2)7-12(11)14/h3-4,7H,5-6,15H2,1-2H3. The molecule has 96 valence electrons. The van der Waals surface area contributed by atoms with E-state index in [-0.39, 0.29) is 0 Å². The number of aromatic nitrogens is 1. The van der Waals surface area contributed by atoms with Gasteiger partial charge in [-0.15, -0.1) is 0 Å². The Morgan fingerprint density at radius 1 is 1.44 bits per heavy atom. The maximum absolute atomic E-state index is 6.23. The van der Waals surface area contributed by atoms with Crippen LogP contribution in [-0.2, 0) is 6.42 Å². The van der Waals surface area contributed by atoms with Gasteiger partial charge < -0.3 is 15.0 Å². The molecule has 1 aromatic heterocycles. The molecular weight excluding hydrogens is 252 g/mol. The first-order valence-electron chi connectivity index (χ1n) is 5.66. The number of methoxy groups -OCH3 is 1. The fraction of sp³-hybridized carbons (Fsp3) is 0.308. The number of nitrogens with zero attached hydrogens (tertiary/aromatic N) is 1. The van der Waals surface area contributed by atoms with Crippen LogP contribution in [0.2, 0.25) is 5.02 Å². The van der Waals surface area contributed by atoms with E-state index in [0.29, 0.717) is 29.5 Å². The van der Waals surface area contributed by atoms with Crippen LogP contribution in [0.1, 0.15) is 11.3 Å². The van der Waals surface area contributed by atoms with Crippen molar-refractivity contribution in [3.05, 3.63) is 34.5 Å². The third-order valence-corrected chi connectivity index (χ3v) is 3.11. The minimum absolute atomic E-state index is 0.544. The molecule has 0 bridgehead atoms. The molecular formula is C13H15ClN2O2. The number of aryl methyl sites for hydroxylation is 1. The van der Waals surface area contributed by atoms with Gasteiger partial charge in [0.2, 0.25) is 0 Å². The summed E-state index contributed by atoms with van der Waals surface area (Å²) in [4.78, 5) is 0. The molecule has 0 aliphatic heterocycles.